The highest BCUT2D eigenvalue weighted by atomic mass is 16.3. The molecule has 0 atom stereocenters. The molecule has 0 saturated heterocycles. The van der Waals surface area contributed by atoms with E-state index in [1.807, 2.05) is 13.8 Å². The van der Waals surface area contributed by atoms with Gasteiger partial charge in [-0.05, 0) is 56.5 Å². The van der Waals surface area contributed by atoms with Gasteiger partial charge in [-0.15, -0.1) is 4.91 Å². The van der Waals surface area contributed by atoms with Crippen LogP contribution in [0.3, 0.4) is 0 Å². The summed E-state index contributed by atoms with van der Waals surface area (Å²) in [5.74, 6) is 0. The molecule has 1 N–H and O–H groups in total. The van der Waals surface area contributed by atoms with Crippen molar-refractivity contribution in [3.63, 3.8) is 0 Å². The zero-order valence-corrected chi connectivity index (χ0v) is 11.7. The summed E-state index contributed by atoms with van der Waals surface area (Å²) in [5, 5.41) is 6.62. The summed E-state index contributed by atoms with van der Waals surface area (Å²) in [4.78, 5) is 11.1. The Morgan fingerprint density at radius 1 is 1.17 bits per heavy atom. The maximum Gasteiger partial charge on any atom is 0.109 e. The molecule has 96 valence electrons. The zero-order valence-electron chi connectivity index (χ0n) is 11.7. The molecule has 0 fully saturated rings. The van der Waals surface area contributed by atoms with Crippen molar-refractivity contribution in [2.45, 2.75) is 40.2 Å². The van der Waals surface area contributed by atoms with Gasteiger partial charge in [0.2, 0.25) is 0 Å². The van der Waals surface area contributed by atoms with E-state index in [9.17, 15) is 4.91 Å². The second-order valence-electron chi connectivity index (χ2n) is 5.67. The fraction of sp³-hybridized carbons (Fsp3) is 0.467. The molecule has 0 bridgehead atoms. The van der Waals surface area contributed by atoms with Crippen LogP contribution in [0.25, 0.3) is 5.57 Å². The second kappa shape index (κ2) is 4.32. The standard InChI is InChI=1S/C15H20N2O/c1-9-6-10(2)13(11(3)7-9)12-8-16-15(4,5)14(12)17-18/h6-7,16H,8H2,1-5H3. The normalized spacial score (nSPS) is 18.3. The number of hydrogen-bond acceptors (Lipinski definition) is 3. The van der Waals surface area contributed by atoms with E-state index in [0.29, 0.717) is 12.2 Å². The molecule has 1 aliphatic rings. The van der Waals surface area contributed by atoms with Gasteiger partial charge >= 0.3 is 0 Å². The van der Waals surface area contributed by atoms with E-state index in [1.54, 1.807) is 0 Å². The molecular formula is C15H20N2O. The predicted octanol–water partition coefficient (Wildman–Crippen LogP) is 3.47. The van der Waals surface area contributed by atoms with Crippen LogP contribution < -0.4 is 5.32 Å². The zero-order chi connectivity index (χ0) is 13.5. The summed E-state index contributed by atoms with van der Waals surface area (Å²) in [6.07, 6.45) is 0. The number of nitroso groups, excluding NO2 is 1. The Kier molecular flexibility index (Phi) is 3.11. The fourth-order valence-electron chi connectivity index (χ4n) is 2.89. The molecule has 3 heteroatoms. The summed E-state index contributed by atoms with van der Waals surface area (Å²) in [5.41, 5.74) is 6.20. The van der Waals surface area contributed by atoms with Gasteiger partial charge in [-0.3, -0.25) is 0 Å². The molecule has 18 heavy (non-hydrogen) atoms. The molecule has 2 rings (SSSR count). The Balaban J connectivity index is 2.66. The minimum Gasteiger partial charge on any atom is -0.302 e. The van der Waals surface area contributed by atoms with E-state index in [0.717, 1.165) is 5.57 Å². The summed E-state index contributed by atoms with van der Waals surface area (Å²) in [6, 6.07) is 4.31. The van der Waals surface area contributed by atoms with Gasteiger partial charge in [0.25, 0.3) is 0 Å². The third-order valence-corrected chi connectivity index (χ3v) is 3.66. The predicted molar refractivity (Wildman–Crippen MR) is 75.4 cm³/mol. The van der Waals surface area contributed by atoms with Crippen molar-refractivity contribution in [3.05, 3.63) is 45.0 Å². The monoisotopic (exact) mass is 244 g/mol. The lowest BCUT2D eigenvalue weighted by molar-refractivity contribution is 0.504. The molecule has 1 heterocycles. The van der Waals surface area contributed by atoms with Gasteiger partial charge in [0.05, 0.1) is 5.54 Å². The highest BCUT2D eigenvalue weighted by Gasteiger charge is 2.34. The molecule has 1 aliphatic heterocycles. The van der Waals surface area contributed by atoms with E-state index in [2.05, 4.69) is 43.4 Å². The molecule has 1 aromatic carbocycles. The van der Waals surface area contributed by atoms with Crippen molar-refractivity contribution >= 4 is 5.57 Å². The van der Waals surface area contributed by atoms with Crippen LogP contribution in [0.15, 0.2) is 23.0 Å². The quantitative estimate of drug-likeness (QED) is 0.809. The minimum atomic E-state index is -0.332. The maximum absolute atomic E-state index is 11.1. The molecule has 0 aliphatic carbocycles. The molecule has 1 aromatic rings. The second-order valence-corrected chi connectivity index (χ2v) is 5.67. The number of nitrogens with one attached hydrogen (secondary N) is 1. The Hall–Kier alpha value is -1.48. The molecule has 0 amide bonds. The van der Waals surface area contributed by atoms with Gasteiger partial charge in [-0.2, -0.15) is 0 Å². The molecule has 0 radical (unpaired) electrons. The van der Waals surface area contributed by atoms with E-state index < -0.39 is 0 Å². The van der Waals surface area contributed by atoms with Crippen LogP contribution in [0.5, 0.6) is 0 Å². The van der Waals surface area contributed by atoms with Gasteiger partial charge in [-0.25, -0.2) is 0 Å². The van der Waals surface area contributed by atoms with Crippen LogP contribution >= 0.6 is 0 Å². The van der Waals surface area contributed by atoms with Crippen LogP contribution in [0.4, 0.5) is 0 Å². The summed E-state index contributed by atoms with van der Waals surface area (Å²) < 4.78 is 0. The number of hydrogen-bond donors (Lipinski definition) is 1. The molecule has 0 aromatic heterocycles. The third-order valence-electron chi connectivity index (χ3n) is 3.66. The van der Waals surface area contributed by atoms with Crippen molar-refractivity contribution < 1.29 is 0 Å². The van der Waals surface area contributed by atoms with Gasteiger partial charge in [0.1, 0.15) is 5.70 Å². The van der Waals surface area contributed by atoms with Crippen LogP contribution in [-0.2, 0) is 0 Å². The Bertz CT molecular complexity index is 518. The summed E-state index contributed by atoms with van der Waals surface area (Å²) in [6.45, 7) is 11.0. The average molecular weight is 244 g/mol. The van der Waals surface area contributed by atoms with Crippen molar-refractivity contribution in [2.24, 2.45) is 5.18 Å². The van der Waals surface area contributed by atoms with Crippen molar-refractivity contribution in [1.82, 2.24) is 5.32 Å². The lowest BCUT2D eigenvalue weighted by Gasteiger charge is -2.17. The Morgan fingerprint density at radius 2 is 1.72 bits per heavy atom. The first-order valence-electron chi connectivity index (χ1n) is 6.27. The minimum absolute atomic E-state index is 0.332. The first kappa shape index (κ1) is 13.0. The molecule has 0 unspecified atom stereocenters. The number of rotatable bonds is 2. The van der Waals surface area contributed by atoms with Gasteiger partial charge in [0, 0.05) is 12.1 Å². The van der Waals surface area contributed by atoms with Crippen LogP contribution in [0.2, 0.25) is 0 Å². The van der Waals surface area contributed by atoms with Crippen molar-refractivity contribution in [3.8, 4) is 0 Å². The molecule has 0 saturated carbocycles. The first-order valence-corrected chi connectivity index (χ1v) is 6.27. The molecule has 3 nitrogen and oxygen atoms in total. The fourth-order valence-corrected chi connectivity index (χ4v) is 2.89. The van der Waals surface area contributed by atoms with Gasteiger partial charge in [0.15, 0.2) is 0 Å². The number of aryl methyl sites for hydroxylation is 3. The van der Waals surface area contributed by atoms with Crippen LogP contribution in [0.1, 0.15) is 36.1 Å². The van der Waals surface area contributed by atoms with Crippen LogP contribution in [0, 0.1) is 25.7 Å². The number of benzene rings is 1. The molecule has 0 spiro atoms. The van der Waals surface area contributed by atoms with Crippen molar-refractivity contribution in [2.75, 3.05) is 6.54 Å². The topological polar surface area (TPSA) is 41.5 Å². The van der Waals surface area contributed by atoms with Gasteiger partial charge in [-0.1, -0.05) is 17.7 Å². The highest BCUT2D eigenvalue weighted by Crippen LogP contribution is 2.35. The van der Waals surface area contributed by atoms with Crippen molar-refractivity contribution in [1.29, 1.82) is 0 Å². The van der Waals surface area contributed by atoms with Gasteiger partial charge < -0.3 is 5.32 Å². The SMILES string of the molecule is Cc1cc(C)c(C2=C(N=O)C(C)(C)NC2)c(C)c1. The smallest absolute Gasteiger partial charge is 0.109 e. The lowest BCUT2D eigenvalue weighted by Crippen LogP contribution is -2.35. The van der Waals surface area contributed by atoms with E-state index in [-0.39, 0.29) is 5.54 Å². The summed E-state index contributed by atoms with van der Waals surface area (Å²) in [7, 11) is 0. The van der Waals surface area contributed by atoms with E-state index in [1.165, 1.54) is 22.3 Å². The lowest BCUT2D eigenvalue weighted by atomic mass is 9.91. The average Bonchev–Trinajstić information content (AvgIpc) is 2.52. The maximum atomic E-state index is 11.1. The largest absolute Gasteiger partial charge is 0.302 e. The summed E-state index contributed by atoms with van der Waals surface area (Å²) >= 11 is 0. The van der Waals surface area contributed by atoms with E-state index in [4.69, 9.17) is 0 Å². The highest BCUT2D eigenvalue weighted by molar-refractivity contribution is 5.78. The number of nitrogens with zero attached hydrogens (tertiary/aromatic N) is 1. The third kappa shape index (κ3) is 1.99. The molecular weight excluding hydrogens is 224 g/mol. The Labute approximate surface area is 108 Å². The Morgan fingerprint density at radius 3 is 2.22 bits per heavy atom. The van der Waals surface area contributed by atoms with E-state index >= 15 is 0 Å². The van der Waals surface area contributed by atoms with Crippen LogP contribution in [-0.4, -0.2) is 12.1 Å². The first-order chi connectivity index (χ1) is 8.36.